The van der Waals surface area contributed by atoms with E-state index in [2.05, 4.69) is 10.3 Å². The monoisotopic (exact) mass is 417 g/mol. The van der Waals surface area contributed by atoms with Crippen LogP contribution in [-0.2, 0) is 5.75 Å². The Morgan fingerprint density at radius 3 is 2.93 bits per heavy atom. The van der Waals surface area contributed by atoms with Crippen molar-refractivity contribution in [2.45, 2.75) is 18.5 Å². The van der Waals surface area contributed by atoms with Crippen LogP contribution in [0.3, 0.4) is 0 Å². The zero-order chi connectivity index (χ0) is 20.2. The molecule has 0 saturated heterocycles. The number of halogens is 2. The predicted molar refractivity (Wildman–Crippen MR) is 112 cm³/mol. The molecule has 1 atom stereocenters. The summed E-state index contributed by atoms with van der Waals surface area (Å²) in [6, 6.07) is 10.0. The maximum Gasteiger partial charge on any atom is 0.224 e. The number of anilines is 1. The van der Waals surface area contributed by atoms with Gasteiger partial charge in [0.15, 0.2) is 0 Å². The number of nitrogens with one attached hydrogen (secondary N) is 1. The molecule has 0 saturated carbocycles. The second-order valence-corrected chi connectivity index (χ2v) is 7.55. The van der Waals surface area contributed by atoms with Gasteiger partial charge in [0.05, 0.1) is 18.9 Å². The van der Waals surface area contributed by atoms with Gasteiger partial charge in [-0.3, -0.25) is 0 Å². The molecular formula is C21H21F2N3O2S. The average Bonchev–Trinajstić information content (AvgIpc) is 2.69. The maximum atomic E-state index is 14.4. The molecule has 0 fully saturated rings. The second kappa shape index (κ2) is 8.73. The van der Waals surface area contributed by atoms with Crippen LogP contribution in [0.15, 0.2) is 53.7 Å². The molecule has 29 heavy (non-hydrogen) atoms. The molecule has 2 aliphatic heterocycles. The number of thioether (sulfide) groups is 1. The van der Waals surface area contributed by atoms with Crippen LogP contribution in [0.25, 0.3) is 0 Å². The molecule has 2 heterocycles. The first-order valence-electron chi connectivity index (χ1n) is 9.27. The van der Waals surface area contributed by atoms with Crippen LogP contribution in [0.5, 0.6) is 11.5 Å². The van der Waals surface area contributed by atoms with E-state index in [-0.39, 0.29) is 0 Å². The van der Waals surface area contributed by atoms with E-state index in [1.54, 1.807) is 23.9 Å². The van der Waals surface area contributed by atoms with Crippen molar-refractivity contribution in [2.75, 3.05) is 24.8 Å². The summed E-state index contributed by atoms with van der Waals surface area (Å²) < 4.78 is 39.8. The Balaban J connectivity index is 1.73. The number of fused-ring (bicyclic) bond motifs is 5. The Morgan fingerprint density at radius 2 is 2.07 bits per heavy atom. The van der Waals surface area contributed by atoms with Gasteiger partial charge >= 0.3 is 0 Å². The van der Waals surface area contributed by atoms with Crippen molar-refractivity contribution in [2.24, 2.45) is 4.99 Å². The summed E-state index contributed by atoms with van der Waals surface area (Å²) in [5.41, 5.74) is 2.91. The molecule has 0 amide bonds. The van der Waals surface area contributed by atoms with Crippen LogP contribution in [-0.4, -0.2) is 36.6 Å². The molecule has 2 aromatic carbocycles. The number of rotatable bonds is 2. The first kappa shape index (κ1) is 19.6. The smallest absolute Gasteiger partial charge is 0.224 e. The van der Waals surface area contributed by atoms with E-state index >= 15 is 0 Å². The van der Waals surface area contributed by atoms with Crippen molar-refractivity contribution < 1.29 is 18.3 Å². The zero-order valence-corrected chi connectivity index (χ0v) is 16.7. The van der Waals surface area contributed by atoms with Gasteiger partial charge in [0.25, 0.3) is 0 Å². The van der Waals surface area contributed by atoms with Crippen molar-refractivity contribution in [1.29, 1.82) is 0 Å². The van der Waals surface area contributed by atoms with Gasteiger partial charge in [-0.1, -0.05) is 4.48 Å². The Kier molecular flexibility index (Phi) is 5.89. The van der Waals surface area contributed by atoms with Crippen LogP contribution in [0.4, 0.5) is 14.6 Å². The highest BCUT2D eigenvalue weighted by Crippen LogP contribution is 2.28. The lowest BCUT2D eigenvalue weighted by molar-refractivity contribution is 0.0510. The summed E-state index contributed by atoms with van der Waals surface area (Å²) in [4.78, 5) is 4.47. The summed E-state index contributed by atoms with van der Waals surface area (Å²) in [5.74, 6) is 1.48. The van der Waals surface area contributed by atoms with Crippen molar-refractivity contribution in [1.82, 2.24) is 5.12 Å². The van der Waals surface area contributed by atoms with Crippen molar-refractivity contribution in [3.63, 3.8) is 0 Å². The molecule has 0 aromatic heterocycles. The molecule has 0 radical (unpaired) electrons. The van der Waals surface area contributed by atoms with Gasteiger partial charge in [-0.25, -0.2) is 9.38 Å². The molecule has 4 rings (SSSR count). The number of hydrogen-bond donors (Lipinski definition) is 1. The Bertz CT molecular complexity index is 952. The fourth-order valence-corrected chi connectivity index (χ4v) is 3.69. The van der Waals surface area contributed by atoms with E-state index < -0.39 is 12.1 Å². The van der Waals surface area contributed by atoms with Gasteiger partial charge in [0, 0.05) is 41.8 Å². The second-order valence-electron chi connectivity index (χ2n) is 6.68. The van der Waals surface area contributed by atoms with E-state index in [0.717, 1.165) is 11.3 Å². The van der Waals surface area contributed by atoms with E-state index in [4.69, 9.17) is 9.47 Å². The third-order valence-corrected chi connectivity index (χ3v) is 5.10. The minimum absolute atomic E-state index is 0.363. The number of hydrogen-bond acceptors (Lipinski definition) is 6. The lowest BCUT2D eigenvalue weighted by Gasteiger charge is -2.26. The molecule has 152 valence electrons. The molecular weight excluding hydrogens is 396 g/mol. The average molecular weight is 417 g/mol. The third-order valence-electron chi connectivity index (χ3n) is 4.48. The van der Waals surface area contributed by atoms with Gasteiger partial charge in [-0.05, 0) is 42.2 Å². The van der Waals surface area contributed by atoms with Crippen molar-refractivity contribution >= 4 is 23.2 Å². The number of aliphatic imine (C=N–C) groups is 1. The van der Waals surface area contributed by atoms with E-state index in [9.17, 15) is 8.87 Å². The summed E-state index contributed by atoms with van der Waals surface area (Å²) in [7, 11) is 0. The van der Waals surface area contributed by atoms with Gasteiger partial charge in [-0.2, -0.15) is 16.9 Å². The van der Waals surface area contributed by atoms with Gasteiger partial charge in [-0.15, -0.1) is 0 Å². The SMILES string of the molecule is CSCc1cc2cc(c1)OCCCOc1cc(F)ccc1C1=NC(N2)N(F)C=C1. The Labute approximate surface area is 172 Å². The Hall–Kier alpha value is -2.74. The van der Waals surface area contributed by atoms with E-state index in [1.165, 1.54) is 18.3 Å². The third kappa shape index (κ3) is 4.64. The molecule has 2 aliphatic rings. The summed E-state index contributed by atoms with van der Waals surface area (Å²) >= 11 is 1.70. The molecule has 5 nitrogen and oxygen atoms in total. The fourth-order valence-electron chi connectivity index (χ4n) is 3.19. The first-order valence-corrected chi connectivity index (χ1v) is 10.7. The van der Waals surface area contributed by atoms with Gasteiger partial charge in [0.2, 0.25) is 6.29 Å². The topological polar surface area (TPSA) is 46.1 Å². The van der Waals surface area contributed by atoms with E-state index in [0.29, 0.717) is 53.2 Å². The minimum Gasteiger partial charge on any atom is -0.493 e. The molecule has 1 unspecified atom stereocenters. The molecule has 0 spiro atoms. The van der Waals surface area contributed by atoms with Gasteiger partial charge in [0.1, 0.15) is 17.3 Å². The summed E-state index contributed by atoms with van der Waals surface area (Å²) in [5, 5.41) is 3.59. The largest absolute Gasteiger partial charge is 0.493 e. The number of benzene rings is 2. The number of ether oxygens (including phenoxy) is 2. The molecule has 1 N–H and O–H groups in total. The highest BCUT2D eigenvalue weighted by molar-refractivity contribution is 7.97. The summed E-state index contributed by atoms with van der Waals surface area (Å²) in [6.07, 6.45) is 4.53. The highest BCUT2D eigenvalue weighted by Gasteiger charge is 2.22. The van der Waals surface area contributed by atoms with Crippen LogP contribution >= 0.6 is 11.8 Å². The lowest BCUT2D eigenvalue weighted by atomic mass is 10.1. The van der Waals surface area contributed by atoms with Crippen LogP contribution in [0, 0.1) is 5.82 Å². The zero-order valence-electron chi connectivity index (χ0n) is 15.9. The quantitative estimate of drug-likeness (QED) is 0.715. The first-order chi connectivity index (χ1) is 14.1. The number of allylic oxidation sites excluding steroid dienone is 1. The van der Waals surface area contributed by atoms with Crippen LogP contribution < -0.4 is 14.8 Å². The minimum atomic E-state index is -0.965. The van der Waals surface area contributed by atoms with Crippen molar-refractivity contribution in [3.05, 3.63) is 65.6 Å². The fraction of sp³-hybridized carbons (Fsp3) is 0.286. The molecule has 0 aliphatic carbocycles. The Morgan fingerprint density at radius 1 is 1.21 bits per heavy atom. The number of nitrogens with zero attached hydrogens (tertiary/aromatic N) is 2. The molecule has 8 heteroatoms. The summed E-state index contributed by atoms with van der Waals surface area (Å²) in [6.45, 7) is 0.814. The van der Waals surface area contributed by atoms with E-state index in [1.807, 2.05) is 24.5 Å². The molecule has 4 bridgehead atoms. The van der Waals surface area contributed by atoms with Crippen LogP contribution in [0.2, 0.25) is 0 Å². The van der Waals surface area contributed by atoms with Crippen molar-refractivity contribution in [3.8, 4) is 11.5 Å². The normalized spacial score (nSPS) is 18.5. The molecule has 2 aromatic rings. The van der Waals surface area contributed by atoms with Gasteiger partial charge < -0.3 is 14.8 Å². The maximum absolute atomic E-state index is 14.4. The highest BCUT2D eigenvalue weighted by atomic mass is 32.2. The predicted octanol–water partition coefficient (Wildman–Crippen LogP) is 4.75. The standard InChI is InChI=1S/C21H21F2N3O2S/c1-29-13-14-9-16-12-17(10-14)27-7-2-8-28-20-11-15(22)3-4-18(20)19-5-6-26(23)21(24-16)25-19/h3-6,9-12,21,24H,2,7-8,13H2,1H3. The lowest BCUT2D eigenvalue weighted by Crippen LogP contribution is -2.34. The van der Waals surface area contributed by atoms with Crippen LogP contribution in [0.1, 0.15) is 17.5 Å².